The molecule has 0 saturated carbocycles. The van der Waals surface area contributed by atoms with Crippen LogP contribution in [0.5, 0.6) is 0 Å². The molecule has 2 aromatic carbocycles. The largest absolute Gasteiger partial charge is 0.354 e. The smallest absolute Gasteiger partial charge is 0.229 e. The SMILES string of the molecule is Cc1ccc(Sc2nccnc2N2CCC[C@@H](C(=O)Nc3ccccc3)C2)cc1. The summed E-state index contributed by atoms with van der Waals surface area (Å²) in [5, 5.41) is 3.91. The molecule has 0 unspecified atom stereocenters. The number of carbonyl (C=O) groups is 1. The van der Waals surface area contributed by atoms with E-state index in [1.807, 2.05) is 30.3 Å². The monoisotopic (exact) mass is 404 g/mol. The van der Waals surface area contributed by atoms with Crippen molar-refractivity contribution < 1.29 is 4.79 Å². The predicted molar refractivity (Wildman–Crippen MR) is 117 cm³/mol. The van der Waals surface area contributed by atoms with Crippen molar-refractivity contribution in [3.63, 3.8) is 0 Å². The molecule has 2 heterocycles. The van der Waals surface area contributed by atoms with Crippen LogP contribution in [0.4, 0.5) is 11.5 Å². The third-order valence-electron chi connectivity index (χ3n) is 5.02. The lowest BCUT2D eigenvalue weighted by Gasteiger charge is -2.33. The van der Waals surface area contributed by atoms with Crippen LogP contribution in [0.2, 0.25) is 0 Å². The van der Waals surface area contributed by atoms with Crippen molar-refractivity contribution in [1.29, 1.82) is 0 Å². The summed E-state index contributed by atoms with van der Waals surface area (Å²) < 4.78 is 0. The van der Waals surface area contributed by atoms with Crippen LogP contribution in [-0.4, -0.2) is 29.0 Å². The molecule has 4 rings (SSSR count). The lowest BCUT2D eigenvalue weighted by molar-refractivity contribution is -0.120. The van der Waals surface area contributed by atoms with Crippen LogP contribution in [-0.2, 0) is 4.79 Å². The highest BCUT2D eigenvalue weighted by atomic mass is 32.2. The number of nitrogens with one attached hydrogen (secondary N) is 1. The summed E-state index contributed by atoms with van der Waals surface area (Å²) in [4.78, 5) is 25.3. The zero-order valence-corrected chi connectivity index (χ0v) is 17.2. The van der Waals surface area contributed by atoms with E-state index in [1.54, 1.807) is 24.2 Å². The van der Waals surface area contributed by atoms with E-state index >= 15 is 0 Å². The minimum atomic E-state index is -0.0665. The number of aryl methyl sites for hydroxylation is 1. The van der Waals surface area contributed by atoms with Crippen LogP contribution in [0.15, 0.2) is 76.9 Å². The topological polar surface area (TPSA) is 58.1 Å². The van der Waals surface area contributed by atoms with Gasteiger partial charge < -0.3 is 10.2 Å². The van der Waals surface area contributed by atoms with Gasteiger partial charge in [-0.15, -0.1) is 0 Å². The van der Waals surface area contributed by atoms with E-state index in [0.29, 0.717) is 6.54 Å². The molecule has 1 N–H and O–H groups in total. The third kappa shape index (κ3) is 4.95. The maximum Gasteiger partial charge on any atom is 0.229 e. The van der Waals surface area contributed by atoms with Gasteiger partial charge in [-0.25, -0.2) is 9.97 Å². The minimum absolute atomic E-state index is 0.0665. The zero-order valence-electron chi connectivity index (χ0n) is 16.4. The van der Waals surface area contributed by atoms with Gasteiger partial charge in [0.05, 0.1) is 5.92 Å². The fourth-order valence-corrected chi connectivity index (χ4v) is 4.36. The first-order valence-corrected chi connectivity index (χ1v) is 10.7. The van der Waals surface area contributed by atoms with Crippen LogP contribution >= 0.6 is 11.8 Å². The number of nitrogens with zero attached hydrogens (tertiary/aromatic N) is 3. The number of rotatable bonds is 5. The third-order valence-corrected chi connectivity index (χ3v) is 6.00. The number of para-hydroxylation sites is 1. The number of benzene rings is 2. The van der Waals surface area contributed by atoms with Crippen LogP contribution in [0.25, 0.3) is 0 Å². The Morgan fingerprint density at radius 1 is 1.07 bits per heavy atom. The van der Waals surface area contributed by atoms with Crippen LogP contribution in [0.1, 0.15) is 18.4 Å². The normalized spacial score (nSPS) is 16.4. The summed E-state index contributed by atoms with van der Waals surface area (Å²) in [5.74, 6) is 0.857. The molecule has 1 aliphatic rings. The van der Waals surface area contributed by atoms with Gasteiger partial charge in [0.2, 0.25) is 5.91 Å². The molecule has 1 aromatic heterocycles. The predicted octanol–water partition coefficient (Wildman–Crippen LogP) is 4.79. The molecule has 0 bridgehead atoms. The highest BCUT2D eigenvalue weighted by molar-refractivity contribution is 7.99. The lowest BCUT2D eigenvalue weighted by atomic mass is 9.97. The molecule has 29 heavy (non-hydrogen) atoms. The molecule has 1 fully saturated rings. The Kier molecular flexibility index (Phi) is 6.10. The molecule has 1 atom stereocenters. The number of hydrogen-bond acceptors (Lipinski definition) is 5. The average Bonchev–Trinajstić information content (AvgIpc) is 2.76. The Bertz CT molecular complexity index is 962. The number of aromatic nitrogens is 2. The van der Waals surface area contributed by atoms with E-state index in [0.717, 1.165) is 40.8 Å². The maximum atomic E-state index is 12.8. The van der Waals surface area contributed by atoms with Gasteiger partial charge in [-0.2, -0.15) is 0 Å². The van der Waals surface area contributed by atoms with E-state index in [4.69, 9.17) is 0 Å². The molecule has 0 radical (unpaired) electrons. The average molecular weight is 405 g/mol. The van der Waals surface area contributed by atoms with Gasteiger partial charge in [0.15, 0.2) is 5.82 Å². The van der Waals surface area contributed by atoms with Gasteiger partial charge in [-0.1, -0.05) is 47.7 Å². The van der Waals surface area contributed by atoms with Crippen LogP contribution in [0, 0.1) is 12.8 Å². The number of hydrogen-bond donors (Lipinski definition) is 1. The molecular weight excluding hydrogens is 380 g/mol. The highest BCUT2D eigenvalue weighted by Gasteiger charge is 2.28. The summed E-state index contributed by atoms with van der Waals surface area (Å²) in [6, 6.07) is 18.0. The van der Waals surface area contributed by atoms with Gasteiger partial charge in [0, 0.05) is 36.1 Å². The molecule has 0 aliphatic carbocycles. The summed E-state index contributed by atoms with van der Waals surface area (Å²) >= 11 is 1.61. The Labute approximate surface area is 175 Å². The van der Waals surface area contributed by atoms with Gasteiger partial charge in [-0.3, -0.25) is 4.79 Å². The second-order valence-electron chi connectivity index (χ2n) is 7.24. The van der Waals surface area contributed by atoms with Crippen molar-refractivity contribution in [3.05, 3.63) is 72.6 Å². The number of piperidine rings is 1. The van der Waals surface area contributed by atoms with Gasteiger partial charge in [-0.05, 0) is 44.0 Å². The van der Waals surface area contributed by atoms with Gasteiger partial charge >= 0.3 is 0 Å². The summed E-state index contributed by atoms with van der Waals surface area (Å²) in [6.45, 7) is 3.62. The Hall–Kier alpha value is -2.86. The van der Waals surface area contributed by atoms with Crippen molar-refractivity contribution >= 4 is 29.2 Å². The van der Waals surface area contributed by atoms with Crippen LogP contribution in [0.3, 0.4) is 0 Å². The molecule has 1 aliphatic heterocycles. The van der Waals surface area contributed by atoms with E-state index in [9.17, 15) is 4.79 Å². The molecular formula is C23H24N4OS. The van der Waals surface area contributed by atoms with Crippen molar-refractivity contribution in [2.75, 3.05) is 23.3 Å². The fraction of sp³-hybridized carbons (Fsp3) is 0.261. The lowest BCUT2D eigenvalue weighted by Crippen LogP contribution is -2.41. The second-order valence-corrected chi connectivity index (χ2v) is 8.30. The molecule has 148 valence electrons. The number of amides is 1. The Morgan fingerprint density at radius 2 is 1.83 bits per heavy atom. The van der Waals surface area contributed by atoms with E-state index < -0.39 is 0 Å². The first-order valence-electron chi connectivity index (χ1n) is 9.85. The standard InChI is InChI=1S/C23H24N4OS/c1-17-9-11-20(12-10-17)29-23-21(24-13-14-25-23)27-15-5-6-18(16-27)22(28)26-19-7-3-2-4-8-19/h2-4,7-14,18H,5-6,15-16H2,1H3,(H,26,28)/t18-/m1/s1. The second kappa shape index (κ2) is 9.09. The maximum absolute atomic E-state index is 12.8. The molecule has 1 saturated heterocycles. The Balaban J connectivity index is 1.48. The molecule has 3 aromatic rings. The molecule has 0 spiro atoms. The van der Waals surface area contributed by atoms with Crippen LogP contribution < -0.4 is 10.2 Å². The van der Waals surface area contributed by atoms with Gasteiger partial charge in [0.25, 0.3) is 0 Å². The first-order chi connectivity index (χ1) is 14.2. The number of carbonyl (C=O) groups excluding carboxylic acids is 1. The summed E-state index contributed by atoms with van der Waals surface area (Å²) in [5.41, 5.74) is 2.07. The minimum Gasteiger partial charge on any atom is -0.354 e. The molecule has 5 nitrogen and oxygen atoms in total. The Morgan fingerprint density at radius 3 is 2.62 bits per heavy atom. The first kappa shape index (κ1) is 19.5. The fourth-order valence-electron chi connectivity index (χ4n) is 3.47. The van der Waals surface area contributed by atoms with Crippen molar-refractivity contribution in [1.82, 2.24) is 9.97 Å². The van der Waals surface area contributed by atoms with Crippen molar-refractivity contribution in [2.24, 2.45) is 5.92 Å². The van der Waals surface area contributed by atoms with E-state index in [2.05, 4.69) is 51.4 Å². The molecule has 1 amide bonds. The molecule has 6 heteroatoms. The zero-order chi connectivity index (χ0) is 20.1. The summed E-state index contributed by atoms with van der Waals surface area (Å²) in [7, 11) is 0. The summed E-state index contributed by atoms with van der Waals surface area (Å²) in [6.07, 6.45) is 5.29. The number of anilines is 2. The van der Waals surface area contributed by atoms with E-state index in [1.165, 1.54) is 5.56 Å². The quantitative estimate of drug-likeness (QED) is 0.662. The van der Waals surface area contributed by atoms with E-state index in [-0.39, 0.29) is 11.8 Å². The van der Waals surface area contributed by atoms with Gasteiger partial charge in [0.1, 0.15) is 5.03 Å². The van der Waals surface area contributed by atoms with Crippen molar-refractivity contribution in [3.8, 4) is 0 Å². The highest BCUT2D eigenvalue weighted by Crippen LogP contribution is 2.34. The van der Waals surface area contributed by atoms with Crippen molar-refractivity contribution in [2.45, 2.75) is 29.7 Å².